The number of aromatic nitrogens is 1. The van der Waals surface area contributed by atoms with Crippen LogP contribution >= 0.6 is 11.3 Å². The Hall–Kier alpha value is -2.87. The minimum atomic E-state index is -0.844. The van der Waals surface area contributed by atoms with E-state index in [1.54, 1.807) is 12.1 Å². The molecule has 152 valence electrons. The third-order valence-corrected chi connectivity index (χ3v) is 5.43. The predicted octanol–water partition coefficient (Wildman–Crippen LogP) is 4.19. The number of methoxy groups -OCH3 is 1. The van der Waals surface area contributed by atoms with Gasteiger partial charge in [-0.2, -0.15) is 4.99 Å². The third kappa shape index (κ3) is 4.42. The number of hydrogen-bond donors (Lipinski definition) is 0. The molecular weight excluding hydrogens is 398 g/mol. The molecule has 29 heavy (non-hydrogen) atoms. The zero-order chi connectivity index (χ0) is 21.3. The zero-order valence-corrected chi connectivity index (χ0v) is 17.3. The van der Waals surface area contributed by atoms with E-state index in [-0.39, 0.29) is 27.0 Å². The molecule has 1 amide bonds. The average Bonchev–Trinajstić information content (AvgIpc) is 2.97. The second kappa shape index (κ2) is 7.87. The quantitative estimate of drug-likeness (QED) is 0.599. The summed E-state index contributed by atoms with van der Waals surface area (Å²) >= 11 is 0.923. The van der Waals surface area contributed by atoms with Gasteiger partial charge in [0.25, 0.3) is 5.91 Å². The van der Waals surface area contributed by atoms with Crippen LogP contribution in [0.15, 0.2) is 41.4 Å². The number of halogens is 2. The standard InChI is InChI=1S/C21H20F2N2O3S/c1-21(2,3)13-7-5-12(6-8-13)19(27)24-20-25(11-17(26)28-4)18-15(23)9-14(22)10-16(18)29-20/h5-10H,11H2,1-4H3. The van der Waals surface area contributed by atoms with E-state index in [0.29, 0.717) is 5.56 Å². The second-order valence-corrected chi connectivity index (χ2v) is 8.53. The van der Waals surface area contributed by atoms with Crippen molar-refractivity contribution in [2.45, 2.75) is 32.7 Å². The minimum Gasteiger partial charge on any atom is -0.468 e. The number of carbonyl (C=O) groups excluding carboxylic acids is 2. The lowest BCUT2D eigenvalue weighted by Gasteiger charge is -2.18. The van der Waals surface area contributed by atoms with Gasteiger partial charge >= 0.3 is 5.97 Å². The highest BCUT2D eigenvalue weighted by Gasteiger charge is 2.18. The molecule has 0 atom stereocenters. The molecule has 1 aromatic heterocycles. The molecule has 3 aromatic rings. The van der Waals surface area contributed by atoms with E-state index in [4.69, 9.17) is 0 Å². The molecular formula is C21H20F2N2O3S. The summed E-state index contributed by atoms with van der Waals surface area (Å²) in [4.78, 5) is 28.6. The molecule has 0 saturated carbocycles. The number of thiazole rings is 1. The van der Waals surface area contributed by atoms with Crippen molar-refractivity contribution < 1.29 is 23.1 Å². The van der Waals surface area contributed by atoms with Crippen LogP contribution in [0.3, 0.4) is 0 Å². The number of ether oxygens (including phenoxy) is 1. The van der Waals surface area contributed by atoms with Gasteiger partial charge in [0.1, 0.15) is 12.4 Å². The number of esters is 1. The SMILES string of the molecule is COC(=O)Cn1c(=NC(=O)c2ccc(C(C)(C)C)cc2)sc2cc(F)cc(F)c21. The first-order valence-corrected chi connectivity index (χ1v) is 9.66. The van der Waals surface area contributed by atoms with Crippen LogP contribution in [0.5, 0.6) is 0 Å². The fraction of sp³-hybridized carbons (Fsp3) is 0.286. The Morgan fingerprint density at radius 3 is 2.38 bits per heavy atom. The highest BCUT2D eigenvalue weighted by molar-refractivity contribution is 7.16. The molecule has 0 unspecified atom stereocenters. The lowest BCUT2D eigenvalue weighted by Crippen LogP contribution is -2.23. The minimum absolute atomic E-state index is 0.00331. The van der Waals surface area contributed by atoms with E-state index in [0.717, 1.165) is 29.0 Å². The second-order valence-electron chi connectivity index (χ2n) is 7.53. The molecule has 0 N–H and O–H groups in total. The Bertz CT molecular complexity index is 1160. The van der Waals surface area contributed by atoms with Crippen LogP contribution in [0, 0.1) is 11.6 Å². The van der Waals surface area contributed by atoms with E-state index in [1.165, 1.54) is 11.7 Å². The van der Waals surface area contributed by atoms with Gasteiger partial charge in [0, 0.05) is 11.6 Å². The summed E-state index contributed by atoms with van der Waals surface area (Å²) < 4.78 is 34.1. The molecule has 0 fully saturated rings. The number of carbonyl (C=O) groups is 2. The van der Waals surface area contributed by atoms with Crippen LogP contribution in [0.2, 0.25) is 0 Å². The van der Waals surface area contributed by atoms with Crippen LogP contribution in [0.4, 0.5) is 8.78 Å². The number of amides is 1. The molecule has 0 spiro atoms. The van der Waals surface area contributed by atoms with E-state index in [2.05, 4.69) is 30.5 Å². The van der Waals surface area contributed by atoms with Crippen molar-refractivity contribution in [2.75, 3.05) is 7.11 Å². The number of fused-ring (bicyclic) bond motifs is 1. The van der Waals surface area contributed by atoms with Crippen LogP contribution < -0.4 is 4.80 Å². The van der Waals surface area contributed by atoms with Gasteiger partial charge in [0.15, 0.2) is 10.6 Å². The molecule has 5 nitrogen and oxygen atoms in total. The fourth-order valence-corrected chi connectivity index (χ4v) is 3.89. The lowest BCUT2D eigenvalue weighted by molar-refractivity contribution is -0.141. The molecule has 0 bridgehead atoms. The largest absolute Gasteiger partial charge is 0.468 e. The molecule has 0 aliphatic rings. The molecule has 0 saturated heterocycles. The Labute approximate surface area is 170 Å². The fourth-order valence-electron chi connectivity index (χ4n) is 2.82. The summed E-state index contributed by atoms with van der Waals surface area (Å²) in [7, 11) is 1.20. The van der Waals surface area contributed by atoms with Gasteiger partial charge in [0.2, 0.25) is 0 Å². The van der Waals surface area contributed by atoms with E-state index >= 15 is 0 Å². The predicted molar refractivity (Wildman–Crippen MR) is 107 cm³/mol. The van der Waals surface area contributed by atoms with E-state index < -0.39 is 23.5 Å². The van der Waals surface area contributed by atoms with Crippen molar-refractivity contribution in [1.82, 2.24) is 4.57 Å². The van der Waals surface area contributed by atoms with Crippen molar-refractivity contribution in [2.24, 2.45) is 4.99 Å². The first-order valence-electron chi connectivity index (χ1n) is 8.85. The highest BCUT2D eigenvalue weighted by atomic mass is 32.1. The molecule has 0 aliphatic carbocycles. The Kier molecular flexibility index (Phi) is 5.66. The number of rotatable bonds is 3. The van der Waals surface area contributed by atoms with Crippen LogP contribution in [0.1, 0.15) is 36.7 Å². The number of nitrogens with zero attached hydrogens (tertiary/aromatic N) is 2. The third-order valence-electron chi connectivity index (χ3n) is 4.41. The summed E-state index contributed by atoms with van der Waals surface area (Å²) in [5.74, 6) is -2.78. The van der Waals surface area contributed by atoms with Gasteiger partial charge in [-0.15, -0.1) is 0 Å². The van der Waals surface area contributed by atoms with Crippen molar-refractivity contribution in [3.63, 3.8) is 0 Å². The normalized spacial score (nSPS) is 12.4. The van der Waals surface area contributed by atoms with Gasteiger partial charge in [-0.25, -0.2) is 8.78 Å². The smallest absolute Gasteiger partial charge is 0.325 e. The van der Waals surface area contributed by atoms with Crippen LogP contribution in [-0.4, -0.2) is 23.6 Å². The summed E-state index contributed by atoms with van der Waals surface area (Å²) in [6, 6.07) is 8.91. The van der Waals surface area contributed by atoms with Crippen LogP contribution in [-0.2, 0) is 21.5 Å². The molecule has 8 heteroatoms. The maximum absolute atomic E-state index is 14.4. The number of benzene rings is 2. The van der Waals surface area contributed by atoms with Crippen molar-refractivity contribution >= 4 is 33.4 Å². The monoisotopic (exact) mass is 418 g/mol. The Balaban J connectivity index is 2.11. The van der Waals surface area contributed by atoms with Gasteiger partial charge in [-0.3, -0.25) is 9.59 Å². The topological polar surface area (TPSA) is 60.7 Å². The lowest BCUT2D eigenvalue weighted by atomic mass is 9.87. The molecule has 0 aliphatic heterocycles. The van der Waals surface area contributed by atoms with Gasteiger partial charge in [-0.1, -0.05) is 44.2 Å². The van der Waals surface area contributed by atoms with Crippen molar-refractivity contribution in [3.8, 4) is 0 Å². The van der Waals surface area contributed by atoms with Crippen molar-refractivity contribution in [1.29, 1.82) is 0 Å². The van der Waals surface area contributed by atoms with Crippen LogP contribution in [0.25, 0.3) is 10.2 Å². The summed E-state index contributed by atoms with van der Waals surface area (Å²) in [5.41, 5.74) is 1.35. The number of hydrogen-bond acceptors (Lipinski definition) is 4. The van der Waals surface area contributed by atoms with Gasteiger partial charge in [-0.05, 0) is 29.2 Å². The van der Waals surface area contributed by atoms with E-state index in [9.17, 15) is 18.4 Å². The maximum Gasteiger partial charge on any atom is 0.325 e. The first kappa shape index (κ1) is 20.9. The van der Waals surface area contributed by atoms with Crippen molar-refractivity contribution in [3.05, 3.63) is 64.0 Å². The molecule has 0 radical (unpaired) electrons. The zero-order valence-electron chi connectivity index (χ0n) is 16.5. The first-order chi connectivity index (χ1) is 13.6. The Morgan fingerprint density at radius 1 is 1.14 bits per heavy atom. The molecule has 1 heterocycles. The summed E-state index contributed by atoms with van der Waals surface area (Å²) in [6.45, 7) is 5.84. The van der Waals surface area contributed by atoms with Gasteiger partial charge < -0.3 is 9.30 Å². The average molecular weight is 418 g/mol. The van der Waals surface area contributed by atoms with E-state index in [1.807, 2.05) is 12.1 Å². The molecule has 2 aromatic carbocycles. The summed E-state index contributed by atoms with van der Waals surface area (Å²) in [6.07, 6.45) is 0. The molecule has 3 rings (SSSR count). The Morgan fingerprint density at radius 2 is 1.79 bits per heavy atom. The summed E-state index contributed by atoms with van der Waals surface area (Å²) in [5, 5.41) is 0. The van der Waals surface area contributed by atoms with Gasteiger partial charge in [0.05, 0.1) is 17.3 Å². The maximum atomic E-state index is 14.4. The highest BCUT2D eigenvalue weighted by Crippen LogP contribution is 2.24.